The molecule has 2 aliphatic rings. The Morgan fingerprint density at radius 2 is 1.60 bits per heavy atom. The molecule has 1 aromatic rings. The van der Waals surface area contributed by atoms with Crippen LogP contribution >= 0.6 is 11.3 Å². The van der Waals surface area contributed by atoms with Gasteiger partial charge in [-0.05, 0) is 11.4 Å². The Morgan fingerprint density at radius 3 is 2.05 bits per heavy atom. The van der Waals surface area contributed by atoms with Crippen LogP contribution in [0.3, 0.4) is 0 Å². The maximum absolute atomic E-state index is 12.8. The summed E-state index contributed by atoms with van der Waals surface area (Å²) in [5.41, 5.74) is 0. The molecule has 0 amide bonds. The van der Waals surface area contributed by atoms with Crippen molar-refractivity contribution >= 4 is 17.1 Å². The van der Waals surface area contributed by atoms with Crippen LogP contribution < -0.4 is 0 Å². The van der Waals surface area contributed by atoms with Crippen LogP contribution in [0.1, 0.15) is 9.67 Å². The molecule has 1 aromatic heterocycles. The minimum atomic E-state index is -0.165. The predicted molar refractivity (Wildman–Crippen MR) is 77.2 cm³/mol. The van der Waals surface area contributed by atoms with Gasteiger partial charge in [0.2, 0.25) is 5.78 Å². The standard InChI is InChI=1S/C14H20N2O3S/c17-13(12-2-1-11-20-12)14(15-3-7-18-8-4-15)16-5-9-19-10-6-16/h1-2,11,14H,3-10H2. The van der Waals surface area contributed by atoms with E-state index in [1.165, 1.54) is 11.3 Å². The van der Waals surface area contributed by atoms with E-state index >= 15 is 0 Å². The first-order valence-electron chi connectivity index (χ1n) is 7.07. The number of carbonyl (C=O) groups is 1. The third-order valence-electron chi connectivity index (χ3n) is 3.78. The van der Waals surface area contributed by atoms with E-state index in [4.69, 9.17) is 9.47 Å². The lowest BCUT2D eigenvalue weighted by Gasteiger charge is -2.41. The predicted octanol–water partition coefficient (Wildman–Crippen LogP) is 0.921. The van der Waals surface area contributed by atoms with Crippen molar-refractivity contribution < 1.29 is 14.3 Å². The summed E-state index contributed by atoms with van der Waals surface area (Å²) in [5.74, 6) is 0.212. The lowest BCUT2D eigenvalue weighted by molar-refractivity contribution is -0.0536. The first-order chi connectivity index (χ1) is 9.86. The van der Waals surface area contributed by atoms with Gasteiger partial charge < -0.3 is 9.47 Å². The molecule has 0 radical (unpaired) electrons. The van der Waals surface area contributed by atoms with E-state index in [1.54, 1.807) is 0 Å². The number of thiophene rings is 1. The van der Waals surface area contributed by atoms with Gasteiger partial charge in [0.05, 0.1) is 31.3 Å². The molecule has 3 rings (SSSR count). The van der Waals surface area contributed by atoms with Crippen LogP contribution in [0.4, 0.5) is 0 Å². The fourth-order valence-corrected chi connectivity index (χ4v) is 3.44. The normalized spacial score (nSPS) is 22.2. The third kappa shape index (κ3) is 3.10. The minimum absolute atomic E-state index is 0.165. The summed E-state index contributed by atoms with van der Waals surface area (Å²) in [6, 6.07) is 3.86. The van der Waals surface area contributed by atoms with Crippen LogP contribution in [-0.2, 0) is 9.47 Å². The van der Waals surface area contributed by atoms with Gasteiger partial charge in [-0.25, -0.2) is 0 Å². The fraction of sp³-hybridized carbons (Fsp3) is 0.643. The zero-order valence-electron chi connectivity index (χ0n) is 11.5. The highest BCUT2D eigenvalue weighted by atomic mass is 32.1. The van der Waals surface area contributed by atoms with Gasteiger partial charge in [0, 0.05) is 26.2 Å². The molecule has 0 saturated carbocycles. The van der Waals surface area contributed by atoms with Gasteiger partial charge in [-0.1, -0.05) is 6.07 Å². The topological polar surface area (TPSA) is 42.0 Å². The monoisotopic (exact) mass is 296 g/mol. The van der Waals surface area contributed by atoms with Crippen molar-refractivity contribution in [2.45, 2.75) is 6.17 Å². The van der Waals surface area contributed by atoms with Crippen molar-refractivity contribution in [2.24, 2.45) is 0 Å². The Kier molecular flexibility index (Phi) is 4.80. The van der Waals surface area contributed by atoms with Crippen molar-refractivity contribution in [1.29, 1.82) is 0 Å². The summed E-state index contributed by atoms with van der Waals surface area (Å²) in [7, 11) is 0. The average molecular weight is 296 g/mol. The molecule has 0 spiro atoms. The van der Waals surface area contributed by atoms with Crippen LogP contribution in [0.25, 0.3) is 0 Å². The van der Waals surface area contributed by atoms with E-state index in [-0.39, 0.29) is 11.9 Å². The van der Waals surface area contributed by atoms with E-state index in [9.17, 15) is 4.79 Å². The highest BCUT2D eigenvalue weighted by Gasteiger charge is 2.34. The summed E-state index contributed by atoms with van der Waals surface area (Å²) in [6.45, 7) is 6.10. The Hall–Kier alpha value is -0.790. The smallest absolute Gasteiger partial charge is 0.204 e. The van der Waals surface area contributed by atoms with E-state index in [2.05, 4.69) is 9.80 Å². The van der Waals surface area contributed by atoms with E-state index in [1.807, 2.05) is 17.5 Å². The van der Waals surface area contributed by atoms with Crippen LogP contribution in [0, 0.1) is 0 Å². The zero-order valence-corrected chi connectivity index (χ0v) is 12.3. The lowest BCUT2D eigenvalue weighted by Crippen LogP contribution is -2.58. The second-order valence-corrected chi connectivity index (χ2v) is 5.96. The summed E-state index contributed by atoms with van der Waals surface area (Å²) in [5, 5.41) is 1.96. The number of hydrogen-bond acceptors (Lipinski definition) is 6. The molecule has 20 heavy (non-hydrogen) atoms. The molecule has 3 heterocycles. The Balaban J connectivity index is 1.79. The number of rotatable bonds is 4. The summed E-state index contributed by atoms with van der Waals surface area (Å²) < 4.78 is 10.8. The highest BCUT2D eigenvalue weighted by molar-refractivity contribution is 7.12. The molecule has 0 N–H and O–H groups in total. The largest absolute Gasteiger partial charge is 0.379 e. The van der Waals surface area contributed by atoms with E-state index < -0.39 is 0 Å². The number of morpholine rings is 2. The van der Waals surface area contributed by atoms with Crippen LogP contribution in [0.5, 0.6) is 0 Å². The van der Waals surface area contributed by atoms with E-state index in [0.29, 0.717) is 26.4 Å². The highest BCUT2D eigenvalue weighted by Crippen LogP contribution is 2.19. The van der Waals surface area contributed by atoms with Crippen molar-refractivity contribution in [1.82, 2.24) is 9.80 Å². The average Bonchev–Trinajstić information content (AvgIpc) is 3.04. The minimum Gasteiger partial charge on any atom is -0.379 e. The molecule has 0 bridgehead atoms. The SMILES string of the molecule is O=C(c1cccs1)C(N1CCOCC1)N1CCOCC1. The van der Waals surface area contributed by atoms with Gasteiger partial charge >= 0.3 is 0 Å². The second-order valence-electron chi connectivity index (χ2n) is 5.01. The summed E-state index contributed by atoms with van der Waals surface area (Å²) in [4.78, 5) is 18.2. The number of ketones is 1. The Labute approximate surface area is 123 Å². The lowest BCUT2D eigenvalue weighted by atomic mass is 10.1. The van der Waals surface area contributed by atoms with Crippen LogP contribution in [0.2, 0.25) is 0 Å². The number of nitrogens with zero attached hydrogens (tertiary/aromatic N) is 2. The Morgan fingerprint density at radius 1 is 1.05 bits per heavy atom. The van der Waals surface area contributed by atoms with Gasteiger partial charge in [-0.2, -0.15) is 0 Å². The van der Waals surface area contributed by atoms with Gasteiger partial charge in [0.25, 0.3) is 0 Å². The molecule has 2 fully saturated rings. The molecule has 0 aliphatic carbocycles. The van der Waals surface area contributed by atoms with Crippen molar-refractivity contribution in [3.8, 4) is 0 Å². The molecule has 2 saturated heterocycles. The van der Waals surface area contributed by atoms with Crippen molar-refractivity contribution in [2.75, 3.05) is 52.6 Å². The van der Waals surface area contributed by atoms with Crippen molar-refractivity contribution in [3.63, 3.8) is 0 Å². The quantitative estimate of drug-likeness (QED) is 0.773. The number of carbonyl (C=O) groups excluding carboxylic acids is 1. The maximum atomic E-state index is 12.8. The molecule has 0 unspecified atom stereocenters. The molecule has 110 valence electrons. The van der Waals surface area contributed by atoms with Gasteiger partial charge in [0.1, 0.15) is 6.17 Å². The number of hydrogen-bond donors (Lipinski definition) is 0. The fourth-order valence-electron chi connectivity index (χ4n) is 2.75. The van der Waals surface area contributed by atoms with Crippen molar-refractivity contribution in [3.05, 3.63) is 22.4 Å². The second kappa shape index (κ2) is 6.78. The summed E-state index contributed by atoms with van der Waals surface area (Å²) in [6.07, 6.45) is -0.165. The zero-order chi connectivity index (χ0) is 13.8. The summed E-state index contributed by atoms with van der Waals surface area (Å²) >= 11 is 1.52. The molecule has 0 atom stereocenters. The van der Waals surface area contributed by atoms with E-state index in [0.717, 1.165) is 31.1 Å². The van der Waals surface area contributed by atoms with Crippen LogP contribution in [-0.4, -0.2) is 74.4 Å². The molecule has 5 nitrogen and oxygen atoms in total. The van der Waals surface area contributed by atoms with Gasteiger partial charge in [-0.15, -0.1) is 11.3 Å². The number of Topliss-reactive ketones (excluding diaryl/α,β-unsaturated/α-hetero) is 1. The molecule has 6 heteroatoms. The first kappa shape index (κ1) is 14.2. The third-order valence-corrected chi connectivity index (χ3v) is 4.67. The van der Waals surface area contributed by atoms with Gasteiger partial charge in [-0.3, -0.25) is 14.6 Å². The first-order valence-corrected chi connectivity index (χ1v) is 7.95. The van der Waals surface area contributed by atoms with Gasteiger partial charge in [0.15, 0.2) is 0 Å². The molecular weight excluding hydrogens is 276 g/mol. The van der Waals surface area contributed by atoms with Crippen LogP contribution in [0.15, 0.2) is 17.5 Å². The maximum Gasteiger partial charge on any atom is 0.204 e. The molecular formula is C14H20N2O3S. The molecule has 2 aliphatic heterocycles. The molecule has 0 aromatic carbocycles. The number of ether oxygens (including phenoxy) is 2. The Bertz CT molecular complexity index is 408.